The molecule has 3 aromatic rings. The molecule has 1 amide bonds. The molecule has 2 aromatic carbocycles. The Morgan fingerprint density at radius 2 is 1.72 bits per heavy atom. The van der Waals surface area contributed by atoms with Gasteiger partial charge in [0, 0.05) is 17.4 Å². The van der Waals surface area contributed by atoms with Gasteiger partial charge < -0.3 is 14.8 Å². The van der Waals surface area contributed by atoms with Gasteiger partial charge in [-0.2, -0.15) is 0 Å². The molecule has 1 atom stereocenters. The summed E-state index contributed by atoms with van der Waals surface area (Å²) in [6.45, 7) is 11.5. The topological polar surface area (TPSA) is 37.3 Å². The maximum absolute atomic E-state index is 13.5. The number of halogens is 1. The Bertz CT molecular complexity index is 1010. The number of para-hydroxylation sites is 1. The van der Waals surface area contributed by atoms with E-state index in [1.54, 1.807) is 12.1 Å². The molecule has 0 saturated heterocycles. The van der Waals surface area contributed by atoms with Crippen molar-refractivity contribution in [3.63, 3.8) is 0 Å². The molecule has 0 fully saturated rings. The predicted octanol–water partition coefficient (Wildman–Crippen LogP) is 5.83. The van der Waals surface area contributed by atoms with Crippen molar-refractivity contribution in [1.82, 2.24) is 14.8 Å². The first kappa shape index (κ1) is 23.7. The Hall–Kier alpha value is -2.92. The number of amides is 1. The van der Waals surface area contributed by atoms with E-state index in [1.807, 2.05) is 43.3 Å². The van der Waals surface area contributed by atoms with E-state index in [1.165, 1.54) is 12.1 Å². The van der Waals surface area contributed by atoms with E-state index >= 15 is 0 Å². The Labute approximate surface area is 191 Å². The average molecular weight is 436 g/mol. The third-order valence-corrected chi connectivity index (χ3v) is 6.03. The van der Waals surface area contributed by atoms with E-state index in [0.29, 0.717) is 5.56 Å². The van der Waals surface area contributed by atoms with Gasteiger partial charge in [0.15, 0.2) is 0 Å². The van der Waals surface area contributed by atoms with E-state index in [4.69, 9.17) is 0 Å². The molecule has 0 aliphatic carbocycles. The lowest BCUT2D eigenvalue weighted by molar-refractivity contribution is 0.0936. The molecular formula is C27H34FN3O. The van der Waals surface area contributed by atoms with Gasteiger partial charge in [0.2, 0.25) is 0 Å². The number of carbonyl (C=O) groups is 1. The molecule has 0 spiro atoms. The quantitative estimate of drug-likeness (QED) is 0.435. The number of hydrogen-bond donors (Lipinski definition) is 1. The number of hydrogen-bond acceptors (Lipinski definition) is 2. The lowest BCUT2D eigenvalue weighted by atomic mass is 10.1. The highest BCUT2D eigenvalue weighted by Gasteiger charge is 2.20. The second-order valence-corrected chi connectivity index (χ2v) is 8.25. The van der Waals surface area contributed by atoms with E-state index in [9.17, 15) is 9.18 Å². The highest BCUT2D eigenvalue weighted by Crippen LogP contribution is 2.30. The standard InChI is InChI=1S/C27H34FN3O/c1-5-30(6-2)18-10-11-20(3)29-27(32)25-19-26(22-14-16-23(28)17-15-22)31(21(25)4)24-12-8-7-9-13-24/h7-9,12-17,19-20H,5-6,10-11,18H2,1-4H3,(H,29,32). The highest BCUT2D eigenvalue weighted by atomic mass is 19.1. The number of nitrogens with zero attached hydrogens (tertiary/aromatic N) is 2. The predicted molar refractivity (Wildman–Crippen MR) is 130 cm³/mol. The van der Waals surface area contributed by atoms with Crippen LogP contribution in [0.4, 0.5) is 4.39 Å². The summed E-state index contributed by atoms with van der Waals surface area (Å²) in [6.07, 6.45) is 1.99. The van der Waals surface area contributed by atoms with Crippen molar-refractivity contribution in [3.05, 3.63) is 77.7 Å². The summed E-state index contributed by atoms with van der Waals surface area (Å²) in [6, 6.07) is 18.3. The first-order valence-corrected chi connectivity index (χ1v) is 11.5. The van der Waals surface area contributed by atoms with Crippen LogP contribution in [0.5, 0.6) is 0 Å². The number of nitrogens with one attached hydrogen (secondary N) is 1. The molecule has 1 heterocycles. The van der Waals surface area contributed by atoms with Crippen molar-refractivity contribution < 1.29 is 9.18 Å². The third-order valence-electron chi connectivity index (χ3n) is 6.03. The summed E-state index contributed by atoms with van der Waals surface area (Å²) in [5.74, 6) is -0.351. The second-order valence-electron chi connectivity index (χ2n) is 8.25. The molecule has 32 heavy (non-hydrogen) atoms. The largest absolute Gasteiger partial charge is 0.350 e. The summed E-state index contributed by atoms with van der Waals surface area (Å²) in [4.78, 5) is 15.6. The molecule has 1 N–H and O–H groups in total. The summed E-state index contributed by atoms with van der Waals surface area (Å²) in [7, 11) is 0. The monoisotopic (exact) mass is 435 g/mol. The minimum absolute atomic E-state index is 0.0733. The van der Waals surface area contributed by atoms with Crippen LogP contribution in [-0.4, -0.2) is 41.1 Å². The molecule has 170 valence electrons. The highest BCUT2D eigenvalue weighted by molar-refractivity contribution is 5.97. The SMILES string of the molecule is CCN(CC)CCCC(C)NC(=O)c1cc(-c2ccc(F)cc2)n(-c2ccccc2)c1C. The zero-order valence-electron chi connectivity index (χ0n) is 19.6. The van der Waals surface area contributed by atoms with E-state index in [2.05, 4.69) is 35.6 Å². The molecule has 0 saturated carbocycles. The number of benzene rings is 2. The Balaban J connectivity index is 1.84. The van der Waals surface area contributed by atoms with Gasteiger partial charge in [0.1, 0.15) is 5.82 Å². The molecule has 3 rings (SSSR count). The van der Waals surface area contributed by atoms with Crippen molar-refractivity contribution in [3.8, 4) is 16.9 Å². The number of carbonyl (C=O) groups excluding carboxylic acids is 1. The van der Waals surface area contributed by atoms with Crippen LogP contribution in [0.3, 0.4) is 0 Å². The molecule has 4 nitrogen and oxygen atoms in total. The molecule has 1 aromatic heterocycles. The zero-order valence-corrected chi connectivity index (χ0v) is 19.6. The van der Waals surface area contributed by atoms with Crippen LogP contribution in [0.1, 0.15) is 49.7 Å². The molecule has 0 aliphatic rings. The average Bonchev–Trinajstić information content (AvgIpc) is 3.15. The second kappa shape index (κ2) is 11.1. The normalized spacial score (nSPS) is 12.2. The summed E-state index contributed by atoms with van der Waals surface area (Å²) < 4.78 is 15.6. The van der Waals surface area contributed by atoms with Crippen molar-refractivity contribution in [2.75, 3.05) is 19.6 Å². The maximum Gasteiger partial charge on any atom is 0.253 e. The van der Waals surface area contributed by atoms with Gasteiger partial charge in [-0.15, -0.1) is 0 Å². The van der Waals surface area contributed by atoms with Crippen LogP contribution in [0.2, 0.25) is 0 Å². The fraction of sp³-hybridized carbons (Fsp3) is 0.370. The van der Waals surface area contributed by atoms with Crippen molar-refractivity contribution in [1.29, 1.82) is 0 Å². The summed E-state index contributed by atoms with van der Waals surface area (Å²) in [5.41, 5.74) is 4.21. The van der Waals surface area contributed by atoms with Crippen molar-refractivity contribution in [2.24, 2.45) is 0 Å². The van der Waals surface area contributed by atoms with Gasteiger partial charge in [-0.3, -0.25) is 4.79 Å². The van der Waals surface area contributed by atoms with Gasteiger partial charge in [-0.1, -0.05) is 32.0 Å². The zero-order chi connectivity index (χ0) is 23.1. The summed E-state index contributed by atoms with van der Waals surface area (Å²) >= 11 is 0. The Morgan fingerprint density at radius 3 is 2.34 bits per heavy atom. The van der Waals surface area contributed by atoms with Crippen LogP contribution in [0.25, 0.3) is 16.9 Å². The van der Waals surface area contributed by atoms with Gasteiger partial charge in [-0.05, 0) is 94.4 Å². The fourth-order valence-corrected chi connectivity index (χ4v) is 4.11. The van der Waals surface area contributed by atoms with Crippen LogP contribution < -0.4 is 5.32 Å². The van der Waals surface area contributed by atoms with Crippen molar-refractivity contribution >= 4 is 5.91 Å². The minimum Gasteiger partial charge on any atom is -0.350 e. The van der Waals surface area contributed by atoms with Crippen LogP contribution in [-0.2, 0) is 0 Å². The first-order chi connectivity index (χ1) is 15.4. The fourth-order valence-electron chi connectivity index (χ4n) is 4.11. The Kier molecular flexibility index (Phi) is 8.23. The Morgan fingerprint density at radius 1 is 1.06 bits per heavy atom. The van der Waals surface area contributed by atoms with E-state index in [0.717, 1.165) is 55.1 Å². The minimum atomic E-state index is -0.278. The number of aromatic nitrogens is 1. The first-order valence-electron chi connectivity index (χ1n) is 11.5. The third kappa shape index (κ3) is 5.65. The van der Waals surface area contributed by atoms with Gasteiger partial charge in [0.25, 0.3) is 5.91 Å². The lowest BCUT2D eigenvalue weighted by Gasteiger charge is -2.19. The molecule has 0 radical (unpaired) electrons. The summed E-state index contributed by atoms with van der Waals surface area (Å²) in [5, 5.41) is 3.17. The van der Waals surface area contributed by atoms with Gasteiger partial charge >= 0.3 is 0 Å². The van der Waals surface area contributed by atoms with E-state index < -0.39 is 0 Å². The maximum atomic E-state index is 13.5. The van der Waals surface area contributed by atoms with Gasteiger partial charge in [-0.25, -0.2) is 4.39 Å². The van der Waals surface area contributed by atoms with Crippen LogP contribution in [0.15, 0.2) is 60.7 Å². The lowest BCUT2D eigenvalue weighted by Crippen LogP contribution is -2.34. The molecule has 0 aliphatic heterocycles. The molecule has 1 unspecified atom stereocenters. The molecule has 5 heteroatoms. The van der Waals surface area contributed by atoms with Crippen molar-refractivity contribution in [2.45, 2.75) is 46.6 Å². The molecule has 0 bridgehead atoms. The van der Waals surface area contributed by atoms with E-state index in [-0.39, 0.29) is 17.8 Å². The van der Waals surface area contributed by atoms with Crippen LogP contribution >= 0.6 is 0 Å². The van der Waals surface area contributed by atoms with Crippen LogP contribution in [0, 0.1) is 12.7 Å². The van der Waals surface area contributed by atoms with Gasteiger partial charge in [0.05, 0.1) is 11.3 Å². The molecular weight excluding hydrogens is 401 g/mol. The smallest absolute Gasteiger partial charge is 0.253 e. The number of rotatable bonds is 10.